The van der Waals surface area contributed by atoms with Crippen molar-refractivity contribution in [1.29, 1.82) is 0 Å². The van der Waals surface area contributed by atoms with Crippen LogP contribution in [-0.2, 0) is 0 Å². The number of carbonyl (C=O) groups excluding carboxylic acids is 1. The monoisotopic (exact) mass is 277 g/mol. The lowest BCUT2D eigenvalue weighted by Crippen LogP contribution is -2.44. The minimum atomic E-state index is 0.0674. The Morgan fingerprint density at radius 1 is 1.10 bits per heavy atom. The summed E-state index contributed by atoms with van der Waals surface area (Å²) >= 11 is 0. The summed E-state index contributed by atoms with van der Waals surface area (Å²) in [5, 5.41) is 0. The number of amides is 1. The lowest BCUT2D eigenvalue weighted by atomic mass is 10.1. The van der Waals surface area contributed by atoms with E-state index in [1.165, 1.54) is 0 Å². The van der Waals surface area contributed by atoms with Gasteiger partial charge in [-0.2, -0.15) is 0 Å². The highest BCUT2D eigenvalue weighted by Gasteiger charge is 2.26. The number of nitrogens with zero attached hydrogens (tertiary/aromatic N) is 1. The van der Waals surface area contributed by atoms with Crippen molar-refractivity contribution in [3.63, 3.8) is 0 Å². The Bertz CT molecular complexity index is 421. The summed E-state index contributed by atoms with van der Waals surface area (Å²) in [7, 11) is 0. The summed E-state index contributed by atoms with van der Waals surface area (Å²) in [5.74, 6) is 0.745. The second-order valence-electron chi connectivity index (χ2n) is 5.16. The van der Waals surface area contributed by atoms with Crippen LogP contribution in [0, 0.1) is 0 Å². The first-order chi connectivity index (χ1) is 9.56. The van der Waals surface area contributed by atoms with E-state index in [4.69, 9.17) is 4.74 Å². The smallest absolute Gasteiger partial charge is 0.258 e. The van der Waals surface area contributed by atoms with Gasteiger partial charge < -0.3 is 9.64 Å². The van der Waals surface area contributed by atoms with Crippen molar-refractivity contribution in [2.45, 2.75) is 59.5 Å². The molecule has 3 nitrogen and oxygen atoms in total. The summed E-state index contributed by atoms with van der Waals surface area (Å²) in [6.45, 7) is 10.9. The first-order valence-corrected chi connectivity index (χ1v) is 7.61. The molecule has 0 aliphatic rings. The van der Waals surface area contributed by atoms with E-state index >= 15 is 0 Å². The van der Waals surface area contributed by atoms with E-state index in [1.807, 2.05) is 36.1 Å². The molecule has 0 aliphatic carbocycles. The third kappa shape index (κ3) is 3.75. The molecule has 0 heterocycles. The first-order valence-electron chi connectivity index (χ1n) is 7.61. The Balaban J connectivity index is 3.12. The van der Waals surface area contributed by atoms with Crippen molar-refractivity contribution >= 4 is 5.91 Å². The highest BCUT2D eigenvalue weighted by molar-refractivity contribution is 5.97. The highest BCUT2D eigenvalue weighted by Crippen LogP contribution is 2.23. The normalized spacial score (nSPS) is 13.7. The van der Waals surface area contributed by atoms with E-state index in [2.05, 4.69) is 27.7 Å². The molecule has 0 aliphatic heterocycles. The average molecular weight is 277 g/mol. The Morgan fingerprint density at radius 2 is 1.65 bits per heavy atom. The van der Waals surface area contributed by atoms with E-state index in [-0.39, 0.29) is 18.0 Å². The molecule has 112 valence electrons. The molecule has 0 bridgehead atoms. The number of carbonyl (C=O) groups is 1. The van der Waals surface area contributed by atoms with Crippen LogP contribution in [0.4, 0.5) is 0 Å². The number of hydrogen-bond donors (Lipinski definition) is 0. The summed E-state index contributed by atoms with van der Waals surface area (Å²) in [6, 6.07) is 7.96. The van der Waals surface area contributed by atoms with Gasteiger partial charge in [-0.15, -0.1) is 0 Å². The molecule has 0 saturated heterocycles. The zero-order chi connectivity index (χ0) is 15.1. The molecule has 1 amide bonds. The molecule has 0 radical (unpaired) electrons. The molecule has 0 spiro atoms. The maximum absolute atomic E-state index is 12.9. The van der Waals surface area contributed by atoms with Gasteiger partial charge in [-0.25, -0.2) is 0 Å². The van der Waals surface area contributed by atoms with Crippen LogP contribution in [0.5, 0.6) is 5.75 Å². The largest absolute Gasteiger partial charge is 0.493 e. The Labute approximate surface area is 122 Å². The van der Waals surface area contributed by atoms with Gasteiger partial charge in [-0.05, 0) is 45.7 Å². The zero-order valence-electron chi connectivity index (χ0n) is 13.3. The van der Waals surface area contributed by atoms with Crippen LogP contribution >= 0.6 is 0 Å². The van der Waals surface area contributed by atoms with Crippen molar-refractivity contribution < 1.29 is 9.53 Å². The fraction of sp³-hybridized carbons (Fsp3) is 0.588. The molecule has 20 heavy (non-hydrogen) atoms. The van der Waals surface area contributed by atoms with Crippen LogP contribution in [0.1, 0.15) is 57.8 Å². The van der Waals surface area contributed by atoms with Crippen molar-refractivity contribution in [3.8, 4) is 5.75 Å². The minimum absolute atomic E-state index is 0.0674. The number of benzene rings is 1. The third-order valence-electron chi connectivity index (χ3n) is 3.78. The van der Waals surface area contributed by atoms with E-state index in [0.717, 1.165) is 12.8 Å². The fourth-order valence-electron chi connectivity index (χ4n) is 2.29. The summed E-state index contributed by atoms with van der Waals surface area (Å²) in [5.41, 5.74) is 0.662. The Kier molecular flexibility index (Phi) is 6.56. The second-order valence-corrected chi connectivity index (χ2v) is 5.16. The van der Waals surface area contributed by atoms with Crippen LogP contribution in [0.2, 0.25) is 0 Å². The Morgan fingerprint density at radius 3 is 2.15 bits per heavy atom. The van der Waals surface area contributed by atoms with Gasteiger partial charge in [0.25, 0.3) is 5.91 Å². The van der Waals surface area contributed by atoms with Crippen LogP contribution in [0.25, 0.3) is 0 Å². The molecule has 2 atom stereocenters. The first kappa shape index (κ1) is 16.5. The molecule has 1 aromatic rings. The molecular weight excluding hydrogens is 250 g/mol. The van der Waals surface area contributed by atoms with Gasteiger partial charge in [-0.3, -0.25) is 4.79 Å². The van der Waals surface area contributed by atoms with Gasteiger partial charge in [0.1, 0.15) is 5.75 Å². The van der Waals surface area contributed by atoms with Crippen LogP contribution in [-0.4, -0.2) is 29.5 Å². The highest BCUT2D eigenvalue weighted by atomic mass is 16.5. The number of rotatable bonds is 7. The van der Waals surface area contributed by atoms with Gasteiger partial charge in [0.15, 0.2) is 0 Å². The van der Waals surface area contributed by atoms with E-state index in [1.54, 1.807) is 0 Å². The van der Waals surface area contributed by atoms with Gasteiger partial charge in [0.2, 0.25) is 0 Å². The summed E-state index contributed by atoms with van der Waals surface area (Å²) in [4.78, 5) is 14.9. The topological polar surface area (TPSA) is 29.5 Å². The van der Waals surface area contributed by atoms with Gasteiger partial charge in [0, 0.05) is 12.1 Å². The molecule has 0 aromatic heterocycles. The molecule has 3 heteroatoms. The number of ether oxygens (including phenoxy) is 1. The summed E-state index contributed by atoms with van der Waals surface area (Å²) < 4.78 is 5.59. The van der Waals surface area contributed by atoms with E-state index < -0.39 is 0 Å². The quantitative estimate of drug-likeness (QED) is 0.750. The lowest BCUT2D eigenvalue weighted by molar-refractivity contribution is 0.0594. The van der Waals surface area contributed by atoms with Crippen LogP contribution < -0.4 is 4.74 Å². The predicted octanol–water partition coefficient (Wildman–Crippen LogP) is 4.12. The standard InChI is InChI=1S/C17H27NO2/c1-6-13(4)18(14(5)7-2)17(19)15-11-9-10-12-16(15)20-8-3/h9-14H,6-8H2,1-5H3/t13-,14-/m1/s1. The molecule has 1 aromatic carbocycles. The molecule has 0 unspecified atom stereocenters. The van der Waals surface area contributed by atoms with Crippen LogP contribution in [0.15, 0.2) is 24.3 Å². The van der Waals surface area contributed by atoms with Crippen molar-refractivity contribution in [2.24, 2.45) is 0 Å². The Hall–Kier alpha value is -1.51. The molecule has 0 fully saturated rings. The molecule has 0 N–H and O–H groups in total. The van der Waals surface area contributed by atoms with Crippen molar-refractivity contribution in [2.75, 3.05) is 6.61 Å². The van der Waals surface area contributed by atoms with Gasteiger partial charge in [-0.1, -0.05) is 26.0 Å². The van der Waals surface area contributed by atoms with Gasteiger partial charge >= 0.3 is 0 Å². The second kappa shape index (κ2) is 7.93. The summed E-state index contributed by atoms with van der Waals surface area (Å²) in [6.07, 6.45) is 1.90. The SMILES string of the molecule is CCOc1ccccc1C(=O)N([C@H](C)CC)[C@H](C)CC. The number of para-hydroxylation sites is 1. The van der Waals surface area contributed by atoms with Crippen molar-refractivity contribution in [3.05, 3.63) is 29.8 Å². The average Bonchev–Trinajstić information content (AvgIpc) is 2.47. The van der Waals surface area contributed by atoms with Crippen LogP contribution in [0.3, 0.4) is 0 Å². The number of hydrogen-bond acceptors (Lipinski definition) is 2. The lowest BCUT2D eigenvalue weighted by Gasteiger charge is -2.34. The molecular formula is C17H27NO2. The fourth-order valence-corrected chi connectivity index (χ4v) is 2.29. The maximum atomic E-state index is 12.9. The van der Waals surface area contributed by atoms with E-state index in [9.17, 15) is 4.79 Å². The van der Waals surface area contributed by atoms with E-state index in [0.29, 0.717) is 17.9 Å². The zero-order valence-corrected chi connectivity index (χ0v) is 13.3. The molecule has 1 rings (SSSR count). The molecule has 0 saturated carbocycles. The predicted molar refractivity (Wildman–Crippen MR) is 83.3 cm³/mol. The minimum Gasteiger partial charge on any atom is -0.493 e. The third-order valence-corrected chi connectivity index (χ3v) is 3.78. The maximum Gasteiger partial charge on any atom is 0.258 e. The van der Waals surface area contributed by atoms with Gasteiger partial charge in [0.05, 0.1) is 12.2 Å². The van der Waals surface area contributed by atoms with Crippen molar-refractivity contribution in [1.82, 2.24) is 4.90 Å².